The van der Waals surface area contributed by atoms with Crippen molar-refractivity contribution in [3.8, 4) is 0 Å². The minimum atomic E-state index is -0.602. The Hall–Kier alpha value is -1.26. The molecule has 0 amide bonds. The van der Waals surface area contributed by atoms with Crippen molar-refractivity contribution in [3.63, 3.8) is 0 Å². The number of halogens is 3. The Kier molecular flexibility index (Phi) is 3.54. The van der Waals surface area contributed by atoms with Gasteiger partial charge in [0.05, 0.1) is 28.6 Å². The van der Waals surface area contributed by atoms with E-state index in [4.69, 9.17) is 23.2 Å². The molecule has 0 aliphatic rings. The van der Waals surface area contributed by atoms with Gasteiger partial charge in [0.25, 0.3) is 0 Å². The van der Waals surface area contributed by atoms with Crippen molar-refractivity contribution in [2.75, 3.05) is 5.32 Å². The average Bonchev–Trinajstić information content (AvgIpc) is 2.69. The van der Waals surface area contributed by atoms with Crippen LogP contribution in [0.3, 0.4) is 0 Å². The first-order chi connectivity index (χ1) is 8.08. The van der Waals surface area contributed by atoms with Crippen LogP contribution >= 0.6 is 23.2 Å². The Balaban J connectivity index is 2.12. The molecule has 2 rings (SSSR count). The summed E-state index contributed by atoms with van der Waals surface area (Å²) in [6.45, 7) is 2.45. The molecule has 0 atom stereocenters. The number of hydrogen-bond acceptors (Lipinski definition) is 2. The second-order valence-electron chi connectivity index (χ2n) is 3.58. The fraction of sp³-hybridized carbons (Fsp3) is 0.182. The van der Waals surface area contributed by atoms with Crippen LogP contribution in [0.5, 0.6) is 0 Å². The van der Waals surface area contributed by atoms with E-state index in [1.54, 1.807) is 6.33 Å². The van der Waals surface area contributed by atoms with Crippen molar-refractivity contribution in [2.24, 2.45) is 0 Å². The number of aromatic nitrogens is 2. The number of aryl methyl sites for hydroxylation is 1. The van der Waals surface area contributed by atoms with E-state index < -0.39 is 5.82 Å². The van der Waals surface area contributed by atoms with Gasteiger partial charge in [0.2, 0.25) is 0 Å². The highest BCUT2D eigenvalue weighted by Gasteiger charge is 2.08. The number of nitrogens with zero attached hydrogens (tertiary/aromatic N) is 1. The van der Waals surface area contributed by atoms with Crippen molar-refractivity contribution < 1.29 is 4.39 Å². The summed E-state index contributed by atoms with van der Waals surface area (Å²) in [4.78, 5) is 7.11. The molecule has 6 heteroatoms. The van der Waals surface area contributed by atoms with Crippen molar-refractivity contribution in [1.29, 1.82) is 0 Å². The van der Waals surface area contributed by atoms with E-state index in [-0.39, 0.29) is 10.0 Å². The summed E-state index contributed by atoms with van der Waals surface area (Å²) >= 11 is 11.4. The number of benzene rings is 1. The maximum atomic E-state index is 13.2. The van der Waals surface area contributed by atoms with Gasteiger partial charge >= 0.3 is 0 Å². The first kappa shape index (κ1) is 12.2. The van der Waals surface area contributed by atoms with Crippen LogP contribution in [-0.4, -0.2) is 9.97 Å². The zero-order chi connectivity index (χ0) is 12.4. The molecular weight excluding hydrogens is 264 g/mol. The minimum Gasteiger partial charge on any atom is -0.379 e. The number of hydrogen-bond donors (Lipinski definition) is 2. The zero-order valence-corrected chi connectivity index (χ0v) is 10.5. The second kappa shape index (κ2) is 4.94. The first-order valence-corrected chi connectivity index (χ1v) is 5.71. The molecule has 3 nitrogen and oxygen atoms in total. The Bertz CT molecular complexity index is 516. The number of anilines is 1. The average molecular weight is 274 g/mol. The van der Waals surface area contributed by atoms with E-state index in [0.717, 1.165) is 11.4 Å². The maximum absolute atomic E-state index is 13.2. The molecular formula is C11H10Cl2FN3. The Morgan fingerprint density at radius 2 is 2.00 bits per heavy atom. The molecule has 17 heavy (non-hydrogen) atoms. The molecule has 0 saturated carbocycles. The van der Waals surface area contributed by atoms with Crippen molar-refractivity contribution in [1.82, 2.24) is 9.97 Å². The van der Waals surface area contributed by atoms with Crippen LogP contribution in [0.1, 0.15) is 11.4 Å². The van der Waals surface area contributed by atoms with Crippen molar-refractivity contribution in [3.05, 3.63) is 45.7 Å². The lowest BCUT2D eigenvalue weighted by atomic mass is 10.3. The summed E-state index contributed by atoms with van der Waals surface area (Å²) < 4.78 is 13.2. The predicted molar refractivity (Wildman–Crippen MR) is 67.1 cm³/mol. The van der Waals surface area contributed by atoms with Crippen LogP contribution in [0.25, 0.3) is 0 Å². The summed E-state index contributed by atoms with van der Waals surface area (Å²) in [5.74, 6) is -0.602. The van der Waals surface area contributed by atoms with E-state index in [2.05, 4.69) is 15.3 Å². The molecule has 1 heterocycles. The highest BCUT2D eigenvalue weighted by molar-refractivity contribution is 6.35. The van der Waals surface area contributed by atoms with Gasteiger partial charge in [-0.15, -0.1) is 0 Å². The molecule has 1 aromatic heterocycles. The smallest absolute Gasteiger partial charge is 0.160 e. The third-order valence-corrected chi connectivity index (χ3v) is 2.93. The number of nitrogens with one attached hydrogen (secondary N) is 2. The van der Waals surface area contributed by atoms with Crippen LogP contribution in [0.2, 0.25) is 10.0 Å². The first-order valence-electron chi connectivity index (χ1n) is 4.95. The minimum absolute atomic E-state index is 0.00116. The SMILES string of the molecule is Cc1[nH]cnc1CNc1cc(Cl)c(F)c(Cl)c1. The highest BCUT2D eigenvalue weighted by atomic mass is 35.5. The van der Waals surface area contributed by atoms with E-state index in [9.17, 15) is 4.39 Å². The van der Waals surface area contributed by atoms with Gasteiger partial charge in [0.1, 0.15) is 0 Å². The van der Waals surface area contributed by atoms with Gasteiger partial charge < -0.3 is 10.3 Å². The summed E-state index contributed by atoms with van der Waals surface area (Å²) in [6, 6.07) is 2.98. The molecule has 0 saturated heterocycles. The van der Waals surface area contributed by atoms with Crippen molar-refractivity contribution in [2.45, 2.75) is 13.5 Å². The maximum Gasteiger partial charge on any atom is 0.160 e. The normalized spacial score (nSPS) is 10.6. The van der Waals surface area contributed by atoms with E-state index >= 15 is 0 Å². The van der Waals surface area contributed by atoms with Gasteiger partial charge in [-0.05, 0) is 19.1 Å². The number of rotatable bonds is 3. The summed E-state index contributed by atoms with van der Waals surface area (Å²) in [5.41, 5.74) is 2.53. The van der Waals surface area contributed by atoms with Crippen LogP contribution in [0.4, 0.5) is 10.1 Å². The van der Waals surface area contributed by atoms with Crippen LogP contribution in [-0.2, 0) is 6.54 Å². The Morgan fingerprint density at radius 3 is 2.53 bits per heavy atom. The molecule has 2 aromatic rings. The molecule has 1 aromatic carbocycles. The molecule has 0 unspecified atom stereocenters. The van der Waals surface area contributed by atoms with E-state index in [1.807, 2.05) is 6.92 Å². The number of H-pyrrole nitrogens is 1. The molecule has 0 fully saturated rings. The lowest BCUT2D eigenvalue weighted by Gasteiger charge is -2.07. The molecule has 0 aliphatic heterocycles. The lowest BCUT2D eigenvalue weighted by Crippen LogP contribution is -2.01. The second-order valence-corrected chi connectivity index (χ2v) is 4.40. The molecule has 0 radical (unpaired) electrons. The highest BCUT2D eigenvalue weighted by Crippen LogP contribution is 2.27. The molecule has 2 N–H and O–H groups in total. The molecule has 90 valence electrons. The summed E-state index contributed by atoms with van der Waals surface area (Å²) in [5, 5.41) is 3.08. The van der Waals surface area contributed by atoms with Crippen LogP contribution in [0, 0.1) is 12.7 Å². The van der Waals surface area contributed by atoms with E-state index in [1.165, 1.54) is 12.1 Å². The monoisotopic (exact) mass is 273 g/mol. The standard InChI is InChI=1S/C11H10Cl2FN3/c1-6-10(17-5-16-6)4-15-7-2-8(12)11(14)9(13)3-7/h2-3,5,15H,4H2,1H3,(H,16,17). The quantitative estimate of drug-likeness (QED) is 0.836. The Labute approximate surface area is 108 Å². The third kappa shape index (κ3) is 2.70. The molecule has 0 aliphatic carbocycles. The fourth-order valence-electron chi connectivity index (χ4n) is 1.41. The Morgan fingerprint density at radius 1 is 1.35 bits per heavy atom. The topological polar surface area (TPSA) is 40.7 Å². The van der Waals surface area contributed by atoms with E-state index in [0.29, 0.717) is 12.2 Å². The summed E-state index contributed by atoms with van der Waals surface area (Å²) in [6.07, 6.45) is 1.62. The van der Waals surface area contributed by atoms with Gasteiger partial charge in [-0.2, -0.15) is 0 Å². The van der Waals surface area contributed by atoms with Crippen molar-refractivity contribution >= 4 is 28.9 Å². The lowest BCUT2D eigenvalue weighted by molar-refractivity contribution is 0.629. The summed E-state index contributed by atoms with van der Waals surface area (Å²) in [7, 11) is 0. The third-order valence-electron chi connectivity index (χ3n) is 2.38. The van der Waals surface area contributed by atoms with Gasteiger partial charge in [0, 0.05) is 11.4 Å². The van der Waals surface area contributed by atoms with Crippen LogP contribution < -0.4 is 5.32 Å². The number of imidazole rings is 1. The van der Waals surface area contributed by atoms with Crippen LogP contribution in [0.15, 0.2) is 18.5 Å². The zero-order valence-electron chi connectivity index (χ0n) is 9.02. The van der Waals surface area contributed by atoms with Gasteiger partial charge in [-0.25, -0.2) is 9.37 Å². The van der Waals surface area contributed by atoms with Gasteiger partial charge in [-0.1, -0.05) is 23.2 Å². The molecule has 0 spiro atoms. The molecule has 0 bridgehead atoms. The predicted octanol–water partition coefficient (Wildman–Crippen LogP) is 3.78. The van der Waals surface area contributed by atoms with Gasteiger partial charge in [0.15, 0.2) is 5.82 Å². The van der Waals surface area contributed by atoms with Gasteiger partial charge in [-0.3, -0.25) is 0 Å². The fourth-order valence-corrected chi connectivity index (χ4v) is 1.90. The largest absolute Gasteiger partial charge is 0.379 e. The number of aromatic amines is 1.